The van der Waals surface area contributed by atoms with Gasteiger partial charge in [-0.25, -0.2) is 0 Å². The van der Waals surface area contributed by atoms with Crippen LogP contribution in [0.4, 0.5) is 11.4 Å². The second kappa shape index (κ2) is 3.03. The summed E-state index contributed by atoms with van der Waals surface area (Å²) in [7, 11) is 0. The molecule has 15 heavy (non-hydrogen) atoms. The van der Waals surface area contributed by atoms with E-state index in [1.165, 1.54) is 6.07 Å². The van der Waals surface area contributed by atoms with Gasteiger partial charge < -0.3 is 5.32 Å². The number of benzene rings is 1. The van der Waals surface area contributed by atoms with Crippen LogP contribution in [0.15, 0.2) is 12.1 Å². The number of ketones is 1. The number of nitrogens with zero attached hydrogens (tertiary/aromatic N) is 1. The summed E-state index contributed by atoms with van der Waals surface area (Å²) in [6.07, 6.45) is 0. The van der Waals surface area contributed by atoms with Crippen LogP contribution in [0, 0.1) is 10.1 Å². The fraction of sp³-hybridized carbons (Fsp3) is 0. The molecule has 0 fully saturated rings. The van der Waals surface area contributed by atoms with E-state index in [2.05, 4.69) is 5.32 Å². The minimum Gasteiger partial charge on any atom is -0.317 e. The number of anilines is 1. The molecule has 0 radical (unpaired) electrons. The topological polar surface area (TPSA) is 89.3 Å². The van der Waals surface area contributed by atoms with Crippen molar-refractivity contribution in [1.29, 1.82) is 0 Å². The molecule has 1 amide bonds. The Bertz CT molecular complexity index is 512. The van der Waals surface area contributed by atoms with Crippen molar-refractivity contribution in [3.05, 3.63) is 32.8 Å². The Morgan fingerprint density at radius 1 is 1.33 bits per heavy atom. The molecule has 7 heteroatoms. The normalized spacial score (nSPS) is 13.7. The zero-order valence-corrected chi connectivity index (χ0v) is 7.87. The number of hydrogen-bond acceptors (Lipinski definition) is 4. The molecule has 0 aromatic heterocycles. The molecule has 0 atom stereocenters. The zero-order chi connectivity index (χ0) is 11.2. The van der Waals surface area contributed by atoms with E-state index in [-0.39, 0.29) is 16.3 Å². The summed E-state index contributed by atoms with van der Waals surface area (Å²) in [5, 5.41) is 12.9. The van der Waals surface area contributed by atoms with Gasteiger partial charge >= 0.3 is 0 Å². The first-order valence-corrected chi connectivity index (χ1v) is 4.22. The van der Waals surface area contributed by atoms with Gasteiger partial charge in [-0.2, -0.15) is 0 Å². The Labute approximate surface area is 88.0 Å². The number of halogens is 1. The van der Waals surface area contributed by atoms with E-state index in [9.17, 15) is 19.7 Å². The number of nitro benzene ring substituents is 1. The Morgan fingerprint density at radius 3 is 2.60 bits per heavy atom. The molecular formula is C8H3ClN2O4. The molecule has 2 rings (SSSR count). The van der Waals surface area contributed by atoms with Crippen molar-refractivity contribution >= 4 is 34.7 Å². The van der Waals surface area contributed by atoms with Gasteiger partial charge in [0.2, 0.25) is 0 Å². The van der Waals surface area contributed by atoms with Crippen molar-refractivity contribution in [3.8, 4) is 0 Å². The number of nitrogens with one attached hydrogen (secondary N) is 1. The SMILES string of the molecule is O=C1Nc2c(Cl)ccc([N+](=O)[O-])c2C1=O. The van der Waals surface area contributed by atoms with E-state index in [4.69, 9.17) is 11.6 Å². The highest BCUT2D eigenvalue weighted by atomic mass is 35.5. The minimum atomic E-state index is -0.931. The number of hydrogen-bond donors (Lipinski definition) is 1. The van der Waals surface area contributed by atoms with Gasteiger partial charge in [-0.1, -0.05) is 11.6 Å². The maximum Gasteiger partial charge on any atom is 0.297 e. The van der Waals surface area contributed by atoms with Crippen LogP contribution < -0.4 is 5.32 Å². The lowest BCUT2D eigenvalue weighted by Crippen LogP contribution is -2.13. The fourth-order valence-corrected chi connectivity index (χ4v) is 1.56. The molecule has 1 heterocycles. The van der Waals surface area contributed by atoms with Gasteiger partial charge in [0.05, 0.1) is 15.6 Å². The van der Waals surface area contributed by atoms with E-state index in [0.29, 0.717) is 0 Å². The molecule has 76 valence electrons. The number of amides is 1. The van der Waals surface area contributed by atoms with Crippen LogP contribution in [-0.2, 0) is 4.79 Å². The standard InChI is InChI=1S/C8H3ClN2O4/c9-3-1-2-4(11(14)15)5-6(3)10-8(13)7(5)12/h1-2H,(H,10,12,13). The number of rotatable bonds is 1. The molecule has 0 saturated carbocycles. The van der Waals surface area contributed by atoms with Gasteiger partial charge in [0.25, 0.3) is 17.4 Å². The number of nitro groups is 1. The van der Waals surface area contributed by atoms with E-state index >= 15 is 0 Å². The van der Waals surface area contributed by atoms with E-state index in [1.54, 1.807) is 0 Å². The number of Topliss-reactive ketones (excluding diaryl/α,β-unsaturated/α-hetero) is 1. The van der Waals surface area contributed by atoms with E-state index in [1.807, 2.05) is 0 Å². The Morgan fingerprint density at radius 2 is 2.00 bits per heavy atom. The lowest BCUT2D eigenvalue weighted by molar-refractivity contribution is -0.385. The Hall–Kier alpha value is -1.95. The molecule has 0 spiro atoms. The van der Waals surface area contributed by atoms with Crippen molar-refractivity contribution in [3.63, 3.8) is 0 Å². The molecule has 1 aliphatic rings. The molecule has 0 saturated heterocycles. The summed E-state index contributed by atoms with van der Waals surface area (Å²) >= 11 is 5.69. The smallest absolute Gasteiger partial charge is 0.297 e. The number of carbonyl (C=O) groups excluding carboxylic acids is 2. The first kappa shape index (κ1) is 9.60. The van der Waals surface area contributed by atoms with Crippen molar-refractivity contribution in [1.82, 2.24) is 0 Å². The van der Waals surface area contributed by atoms with Crippen LogP contribution in [0.5, 0.6) is 0 Å². The fourth-order valence-electron chi connectivity index (χ4n) is 1.35. The monoisotopic (exact) mass is 226 g/mol. The minimum absolute atomic E-state index is 0.0147. The summed E-state index contributed by atoms with van der Waals surface area (Å²) in [5.74, 6) is -1.83. The van der Waals surface area contributed by atoms with E-state index in [0.717, 1.165) is 6.07 Å². The molecule has 1 aromatic carbocycles. The van der Waals surface area contributed by atoms with Gasteiger partial charge in [0.15, 0.2) is 0 Å². The number of carbonyl (C=O) groups is 2. The van der Waals surface area contributed by atoms with Gasteiger partial charge in [0.1, 0.15) is 5.56 Å². The van der Waals surface area contributed by atoms with Crippen LogP contribution >= 0.6 is 11.6 Å². The molecule has 1 aliphatic heterocycles. The van der Waals surface area contributed by atoms with Gasteiger partial charge in [-0.15, -0.1) is 0 Å². The molecule has 0 bridgehead atoms. The first-order valence-electron chi connectivity index (χ1n) is 3.85. The van der Waals surface area contributed by atoms with Crippen molar-refractivity contribution in [2.24, 2.45) is 0 Å². The summed E-state index contributed by atoms with van der Waals surface area (Å²) in [5.41, 5.74) is -0.670. The largest absolute Gasteiger partial charge is 0.317 e. The summed E-state index contributed by atoms with van der Waals surface area (Å²) in [6.45, 7) is 0. The van der Waals surface area contributed by atoms with Crippen LogP contribution in [0.2, 0.25) is 5.02 Å². The second-order valence-corrected chi connectivity index (χ2v) is 3.26. The molecule has 6 nitrogen and oxygen atoms in total. The van der Waals surface area contributed by atoms with Gasteiger partial charge in [-0.3, -0.25) is 19.7 Å². The molecule has 0 aliphatic carbocycles. The highest BCUT2D eigenvalue weighted by Gasteiger charge is 2.36. The summed E-state index contributed by atoms with van der Waals surface area (Å²) < 4.78 is 0. The third-order valence-electron chi connectivity index (χ3n) is 2.00. The van der Waals surface area contributed by atoms with E-state index < -0.39 is 22.3 Å². The average molecular weight is 227 g/mol. The third kappa shape index (κ3) is 1.26. The highest BCUT2D eigenvalue weighted by molar-refractivity contribution is 6.54. The van der Waals surface area contributed by atoms with Crippen LogP contribution in [0.3, 0.4) is 0 Å². The molecule has 1 N–H and O–H groups in total. The lowest BCUT2D eigenvalue weighted by atomic mass is 10.1. The zero-order valence-electron chi connectivity index (χ0n) is 7.11. The Kier molecular flexibility index (Phi) is 1.94. The molecule has 0 unspecified atom stereocenters. The van der Waals surface area contributed by atoms with Crippen molar-refractivity contribution in [2.75, 3.05) is 5.32 Å². The first-order chi connectivity index (χ1) is 7.02. The number of fused-ring (bicyclic) bond motifs is 1. The maximum atomic E-state index is 11.3. The van der Waals surface area contributed by atoms with Gasteiger partial charge in [0, 0.05) is 6.07 Å². The van der Waals surface area contributed by atoms with Crippen molar-refractivity contribution in [2.45, 2.75) is 0 Å². The molecular weight excluding hydrogens is 224 g/mol. The predicted octanol–water partition coefficient (Wildman–Crippen LogP) is 1.38. The Balaban J connectivity index is 2.76. The summed E-state index contributed by atoms with van der Waals surface area (Å²) in [4.78, 5) is 32.2. The van der Waals surface area contributed by atoms with Crippen LogP contribution in [0.25, 0.3) is 0 Å². The maximum absolute atomic E-state index is 11.3. The van der Waals surface area contributed by atoms with Gasteiger partial charge in [-0.05, 0) is 6.07 Å². The quantitative estimate of drug-likeness (QED) is 0.445. The highest BCUT2D eigenvalue weighted by Crippen LogP contribution is 2.37. The predicted molar refractivity (Wildman–Crippen MR) is 51.1 cm³/mol. The third-order valence-corrected chi connectivity index (χ3v) is 2.32. The lowest BCUT2D eigenvalue weighted by Gasteiger charge is -2.00. The van der Waals surface area contributed by atoms with Crippen molar-refractivity contribution < 1.29 is 14.5 Å². The molecule has 1 aromatic rings. The van der Waals surface area contributed by atoms with Crippen LogP contribution in [0.1, 0.15) is 10.4 Å². The average Bonchev–Trinajstić information content (AvgIpc) is 2.46. The summed E-state index contributed by atoms with van der Waals surface area (Å²) in [6, 6.07) is 2.36. The second-order valence-electron chi connectivity index (χ2n) is 2.86. The van der Waals surface area contributed by atoms with Crippen LogP contribution in [-0.4, -0.2) is 16.6 Å².